The summed E-state index contributed by atoms with van der Waals surface area (Å²) >= 11 is 4.28. The van der Waals surface area contributed by atoms with Gasteiger partial charge < -0.3 is 5.73 Å². The highest BCUT2D eigenvalue weighted by molar-refractivity contribution is 7.81. The minimum Gasteiger partial charge on any atom is -0.329 e. The molecule has 1 unspecified atom stereocenters. The van der Waals surface area contributed by atoms with E-state index in [-0.39, 0.29) is 0 Å². The van der Waals surface area contributed by atoms with Crippen molar-refractivity contribution >= 4 is 12.6 Å². The summed E-state index contributed by atoms with van der Waals surface area (Å²) in [5.41, 5.74) is 5.37. The molecule has 1 aliphatic carbocycles. The maximum atomic E-state index is 5.37. The molecule has 1 rings (SSSR count). The van der Waals surface area contributed by atoms with Crippen LogP contribution < -0.4 is 5.73 Å². The fraction of sp³-hybridized carbons (Fsp3) is 1.00. The first-order valence-electron chi connectivity index (χ1n) is 3.21. The van der Waals surface area contributed by atoms with E-state index < -0.39 is 0 Å². The normalized spacial score (nSPS) is 23.2. The quantitative estimate of drug-likeness (QED) is 0.550. The molecule has 8 heavy (non-hydrogen) atoms. The molecular weight excluding hydrogens is 118 g/mol. The summed E-state index contributed by atoms with van der Waals surface area (Å²) in [6.07, 6.45) is 4.06. The molecule has 2 heteroatoms. The summed E-state index contributed by atoms with van der Waals surface area (Å²) in [4.78, 5) is 0. The fourth-order valence-corrected chi connectivity index (χ4v) is 1.13. The fourth-order valence-electron chi connectivity index (χ4n) is 0.835. The lowest BCUT2D eigenvalue weighted by Crippen LogP contribution is -2.14. The molecule has 1 aliphatic rings. The second-order valence-electron chi connectivity index (χ2n) is 2.57. The molecule has 1 fully saturated rings. The van der Waals surface area contributed by atoms with E-state index in [1.165, 1.54) is 19.3 Å². The zero-order chi connectivity index (χ0) is 5.98. The third-order valence-electron chi connectivity index (χ3n) is 1.57. The first kappa shape index (κ1) is 6.43. The van der Waals surface area contributed by atoms with E-state index in [1.807, 2.05) is 0 Å². The first-order chi connectivity index (χ1) is 3.83. The molecule has 0 amide bonds. The van der Waals surface area contributed by atoms with Crippen LogP contribution in [0.5, 0.6) is 0 Å². The van der Waals surface area contributed by atoms with Crippen molar-refractivity contribution in [2.24, 2.45) is 11.7 Å². The van der Waals surface area contributed by atoms with Gasteiger partial charge in [0.15, 0.2) is 0 Å². The number of nitrogens with two attached hydrogens (primary N) is 1. The maximum Gasteiger partial charge on any atom is 0.0142 e. The summed E-state index contributed by atoms with van der Waals surface area (Å²) in [6.45, 7) is 0.736. The summed E-state index contributed by atoms with van der Waals surface area (Å²) in [7, 11) is 0. The minimum absolute atomic E-state index is 0.461. The van der Waals surface area contributed by atoms with E-state index in [0.717, 1.165) is 12.5 Å². The van der Waals surface area contributed by atoms with E-state index >= 15 is 0 Å². The van der Waals surface area contributed by atoms with Crippen LogP contribution in [-0.4, -0.2) is 11.8 Å². The van der Waals surface area contributed by atoms with E-state index in [2.05, 4.69) is 12.6 Å². The smallest absolute Gasteiger partial charge is 0.0142 e. The van der Waals surface area contributed by atoms with Gasteiger partial charge in [0.1, 0.15) is 0 Å². The van der Waals surface area contributed by atoms with Crippen LogP contribution in [0.1, 0.15) is 19.3 Å². The summed E-state index contributed by atoms with van der Waals surface area (Å²) in [5.74, 6) is 0.973. The molecule has 0 heterocycles. The average Bonchev–Trinajstić information content (AvgIpc) is 2.50. The molecule has 0 radical (unpaired) electrons. The van der Waals surface area contributed by atoms with Crippen molar-refractivity contribution in [3.8, 4) is 0 Å². The predicted molar refractivity (Wildman–Crippen MR) is 39.2 cm³/mol. The Morgan fingerprint density at radius 1 is 1.62 bits per heavy atom. The summed E-state index contributed by atoms with van der Waals surface area (Å²) < 4.78 is 0. The van der Waals surface area contributed by atoms with Crippen molar-refractivity contribution in [1.82, 2.24) is 0 Å². The molecule has 0 bridgehead atoms. The highest BCUT2D eigenvalue weighted by Gasteiger charge is 2.22. The second-order valence-corrected chi connectivity index (χ2v) is 3.30. The largest absolute Gasteiger partial charge is 0.329 e. The van der Waals surface area contributed by atoms with E-state index in [9.17, 15) is 0 Å². The van der Waals surface area contributed by atoms with Gasteiger partial charge in [-0.15, -0.1) is 0 Å². The Bertz CT molecular complexity index is 70.9. The van der Waals surface area contributed by atoms with E-state index in [4.69, 9.17) is 5.73 Å². The molecule has 0 aromatic carbocycles. The Morgan fingerprint density at radius 3 is 2.62 bits per heavy atom. The average molecular weight is 131 g/mol. The van der Waals surface area contributed by atoms with Crippen LogP contribution in [0, 0.1) is 5.92 Å². The lowest BCUT2D eigenvalue weighted by Gasteiger charge is -2.03. The molecule has 1 atom stereocenters. The molecule has 1 saturated carbocycles. The van der Waals surface area contributed by atoms with Crippen LogP contribution >= 0.6 is 12.6 Å². The molecule has 1 nitrogen and oxygen atoms in total. The second kappa shape index (κ2) is 2.74. The van der Waals surface area contributed by atoms with Gasteiger partial charge in [-0.1, -0.05) is 12.8 Å². The van der Waals surface area contributed by atoms with Gasteiger partial charge in [-0.05, 0) is 12.3 Å². The van der Waals surface area contributed by atoms with Crippen molar-refractivity contribution < 1.29 is 0 Å². The zero-order valence-corrected chi connectivity index (χ0v) is 5.90. The van der Waals surface area contributed by atoms with Gasteiger partial charge in [0.2, 0.25) is 0 Å². The molecule has 0 aromatic rings. The predicted octanol–water partition coefficient (Wildman–Crippen LogP) is 1.04. The molecule has 0 spiro atoms. The zero-order valence-electron chi connectivity index (χ0n) is 5.01. The van der Waals surface area contributed by atoms with Crippen LogP contribution in [0.4, 0.5) is 0 Å². The third kappa shape index (κ3) is 2.05. The summed E-state index contributed by atoms with van der Waals surface area (Å²) in [5, 5.41) is 0.461. The monoisotopic (exact) mass is 131 g/mol. The number of hydrogen-bond acceptors (Lipinski definition) is 2. The van der Waals surface area contributed by atoms with Gasteiger partial charge in [-0.25, -0.2) is 0 Å². The van der Waals surface area contributed by atoms with Crippen molar-refractivity contribution in [2.45, 2.75) is 24.5 Å². The standard InChI is InChI=1S/C6H13NS/c7-4-6(8)3-5-1-2-5/h5-6,8H,1-4,7H2. The van der Waals surface area contributed by atoms with Gasteiger partial charge in [-0.2, -0.15) is 12.6 Å². The Labute approximate surface area is 56.1 Å². The lowest BCUT2D eigenvalue weighted by atomic mass is 10.2. The molecule has 2 N–H and O–H groups in total. The Hall–Kier alpha value is 0.310. The Balaban J connectivity index is 1.98. The highest BCUT2D eigenvalue weighted by atomic mass is 32.1. The Kier molecular flexibility index (Phi) is 2.20. The van der Waals surface area contributed by atoms with Crippen LogP contribution in [0.25, 0.3) is 0 Å². The molecule has 48 valence electrons. The van der Waals surface area contributed by atoms with Gasteiger partial charge >= 0.3 is 0 Å². The van der Waals surface area contributed by atoms with Gasteiger partial charge in [0.05, 0.1) is 0 Å². The number of hydrogen-bond donors (Lipinski definition) is 2. The van der Waals surface area contributed by atoms with Gasteiger partial charge in [0.25, 0.3) is 0 Å². The maximum absolute atomic E-state index is 5.37. The van der Waals surface area contributed by atoms with Crippen LogP contribution in [-0.2, 0) is 0 Å². The van der Waals surface area contributed by atoms with Crippen molar-refractivity contribution in [2.75, 3.05) is 6.54 Å². The van der Waals surface area contributed by atoms with Gasteiger partial charge in [0, 0.05) is 11.8 Å². The van der Waals surface area contributed by atoms with Gasteiger partial charge in [-0.3, -0.25) is 0 Å². The van der Waals surface area contributed by atoms with Crippen molar-refractivity contribution in [3.63, 3.8) is 0 Å². The first-order valence-corrected chi connectivity index (χ1v) is 3.72. The minimum atomic E-state index is 0.461. The molecular formula is C6H13NS. The van der Waals surface area contributed by atoms with Crippen LogP contribution in [0.2, 0.25) is 0 Å². The van der Waals surface area contributed by atoms with Crippen LogP contribution in [0.3, 0.4) is 0 Å². The lowest BCUT2D eigenvalue weighted by molar-refractivity contribution is 0.693. The Morgan fingerprint density at radius 2 is 2.25 bits per heavy atom. The van der Waals surface area contributed by atoms with Crippen molar-refractivity contribution in [3.05, 3.63) is 0 Å². The van der Waals surface area contributed by atoms with Crippen molar-refractivity contribution in [1.29, 1.82) is 0 Å². The third-order valence-corrected chi connectivity index (χ3v) is 2.00. The van der Waals surface area contributed by atoms with E-state index in [1.54, 1.807) is 0 Å². The molecule has 0 aliphatic heterocycles. The van der Waals surface area contributed by atoms with E-state index in [0.29, 0.717) is 5.25 Å². The SMILES string of the molecule is NCC(S)CC1CC1. The number of thiol groups is 1. The molecule has 0 aromatic heterocycles. The van der Waals surface area contributed by atoms with Crippen LogP contribution in [0.15, 0.2) is 0 Å². The topological polar surface area (TPSA) is 26.0 Å². The highest BCUT2D eigenvalue weighted by Crippen LogP contribution is 2.34. The molecule has 0 saturated heterocycles. The number of rotatable bonds is 3. The summed E-state index contributed by atoms with van der Waals surface area (Å²) in [6, 6.07) is 0.